The SMILES string of the molecule is CCOC(C)(C)CNc1nc(C)c(C(=O)OC)s1. The van der Waals surface area contributed by atoms with Crippen molar-refractivity contribution < 1.29 is 14.3 Å². The van der Waals surface area contributed by atoms with E-state index in [1.54, 1.807) is 6.92 Å². The quantitative estimate of drug-likeness (QED) is 0.806. The van der Waals surface area contributed by atoms with Crippen LogP contribution in [-0.4, -0.2) is 36.8 Å². The van der Waals surface area contributed by atoms with Gasteiger partial charge in [-0.25, -0.2) is 9.78 Å². The first kappa shape index (κ1) is 14.9. The maximum Gasteiger partial charge on any atom is 0.350 e. The van der Waals surface area contributed by atoms with Gasteiger partial charge in [0.05, 0.1) is 18.4 Å². The average molecular weight is 272 g/mol. The van der Waals surface area contributed by atoms with Crippen LogP contribution in [0.2, 0.25) is 0 Å². The van der Waals surface area contributed by atoms with Crippen LogP contribution in [0.15, 0.2) is 0 Å². The normalized spacial score (nSPS) is 11.4. The lowest BCUT2D eigenvalue weighted by Crippen LogP contribution is -2.33. The molecule has 0 amide bonds. The molecule has 5 nitrogen and oxygen atoms in total. The van der Waals surface area contributed by atoms with Crippen molar-refractivity contribution in [1.29, 1.82) is 0 Å². The molecule has 1 rings (SSSR count). The Hall–Kier alpha value is -1.14. The molecule has 0 fully saturated rings. The van der Waals surface area contributed by atoms with Gasteiger partial charge in [0.2, 0.25) is 0 Å². The minimum absolute atomic E-state index is 0.264. The second-order valence-corrected chi connectivity index (χ2v) is 5.47. The van der Waals surface area contributed by atoms with Crippen molar-refractivity contribution in [1.82, 2.24) is 4.98 Å². The number of nitrogens with one attached hydrogen (secondary N) is 1. The number of ether oxygens (including phenoxy) is 2. The van der Waals surface area contributed by atoms with Crippen molar-refractivity contribution in [2.24, 2.45) is 0 Å². The standard InChI is InChI=1S/C12H20N2O3S/c1-6-17-12(3,4)7-13-11-14-8(2)9(18-11)10(15)16-5/h6-7H2,1-5H3,(H,13,14). The van der Waals surface area contributed by atoms with Crippen LogP contribution >= 0.6 is 11.3 Å². The molecule has 0 spiro atoms. The van der Waals surface area contributed by atoms with Crippen LogP contribution in [0.25, 0.3) is 0 Å². The minimum Gasteiger partial charge on any atom is -0.465 e. The Morgan fingerprint density at radius 2 is 2.17 bits per heavy atom. The van der Waals surface area contributed by atoms with Crippen LogP contribution in [0, 0.1) is 6.92 Å². The summed E-state index contributed by atoms with van der Waals surface area (Å²) in [7, 11) is 1.37. The second-order valence-electron chi connectivity index (χ2n) is 4.47. The molecule has 0 unspecified atom stereocenters. The summed E-state index contributed by atoms with van der Waals surface area (Å²) in [5.74, 6) is -0.345. The number of esters is 1. The summed E-state index contributed by atoms with van der Waals surface area (Å²) in [5.41, 5.74) is 0.420. The molecule has 1 heterocycles. The maximum atomic E-state index is 11.4. The van der Waals surface area contributed by atoms with Crippen molar-refractivity contribution in [3.05, 3.63) is 10.6 Å². The summed E-state index contributed by atoms with van der Waals surface area (Å²) < 4.78 is 10.3. The Morgan fingerprint density at radius 3 is 2.72 bits per heavy atom. The van der Waals surface area contributed by atoms with E-state index in [1.807, 2.05) is 20.8 Å². The van der Waals surface area contributed by atoms with Crippen LogP contribution in [0.5, 0.6) is 0 Å². The molecule has 18 heavy (non-hydrogen) atoms. The molecule has 0 aliphatic carbocycles. The molecule has 0 saturated heterocycles. The number of thiazole rings is 1. The van der Waals surface area contributed by atoms with Gasteiger partial charge in [0, 0.05) is 13.2 Å². The topological polar surface area (TPSA) is 60.5 Å². The molecule has 0 atom stereocenters. The lowest BCUT2D eigenvalue weighted by Gasteiger charge is -2.24. The van der Waals surface area contributed by atoms with Gasteiger partial charge < -0.3 is 14.8 Å². The number of hydrogen-bond donors (Lipinski definition) is 1. The summed E-state index contributed by atoms with van der Waals surface area (Å²) in [6.45, 7) is 9.07. The first-order valence-corrected chi connectivity index (χ1v) is 6.65. The minimum atomic E-state index is -0.345. The van der Waals surface area contributed by atoms with Gasteiger partial charge >= 0.3 is 5.97 Å². The Bertz CT molecular complexity index is 415. The van der Waals surface area contributed by atoms with E-state index in [0.29, 0.717) is 28.9 Å². The lowest BCUT2D eigenvalue weighted by molar-refractivity contribution is 0.000689. The first-order chi connectivity index (χ1) is 8.39. The summed E-state index contributed by atoms with van der Waals surface area (Å²) >= 11 is 1.30. The zero-order valence-corrected chi connectivity index (χ0v) is 12.3. The molecule has 1 aromatic heterocycles. The van der Waals surface area contributed by atoms with Crippen LogP contribution in [-0.2, 0) is 9.47 Å². The number of aromatic nitrogens is 1. The van der Waals surface area contributed by atoms with E-state index >= 15 is 0 Å². The number of methoxy groups -OCH3 is 1. The number of anilines is 1. The number of carbonyl (C=O) groups excluding carboxylic acids is 1. The van der Waals surface area contributed by atoms with Crippen molar-refractivity contribution in [3.63, 3.8) is 0 Å². The third-order valence-corrected chi connectivity index (χ3v) is 3.46. The molecule has 1 aromatic rings. The largest absolute Gasteiger partial charge is 0.465 e. The average Bonchev–Trinajstić information content (AvgIpc) is 2.67. The number of hydrogen-bond acceptors (Lipinski definition) is 6. The molecule has 0 radical (unpaired) electrons. The third kappa shape index (κ3) is 3.96. The lowest BCUT2D eigenvalue weighted by atomic mass is 10.1. The predicted octanol–water partition coefficient (Wildman–Crippen LogP) is 2.47. The zero-order valence-electron chi connectivity index (χ0n) is 11.5. The highest BCUT2D eigenvalue weighted by Gasteiger charge is 2.20. The molecule has 0 aromatic carbocycles. The van der Waals surface area contributed by atoms with E-state index in [0.717, 1.165) is 0 Å². The fraction of sp³-hybridized carbons (Fsp3) is 0.667. The van der Waals surface area contributed by atoms with Crippen molar-refractivity contribution >= 4 is 22.4 Å². The van der Waals surface area contributed by atoms with E-state index in [9.17, 15) is 4.79 Å². The highest BCUT2D eigenvalue weighted by atomic mass is 32.1. The van der Waals surface area contributed by atoms with Crippen LogP contribution in [0.3, 0.4) is 0 Å². The van der Waals surface area contributed by atoms with Gasteiger partial charge in [-0.1, -0.05) is 11.3 Å². The number of rotatable bonds is 6. The van der Waals surface area contributed by atoms with Gasteiger partial charge in [-0.15, -0.1) is 0 Å². The smallest absolute Gasteiger partial charge is 0.350 e. The predicted molar refractivity (Wildman–Crippen MR) is 72.4 cm³/mol. The monoisotopic (exact) mass is 272 g/mol. The molecule has 0 bridgehead atoms. The van der Waals surface area contributed by atoms with E-state index in [4.69, 9.17) is 9.47 Å². The van der Waals surface area contributed by atoms with Gasteiger partial charge in [-0.2, -0.15) is 0 Å². The summed E-state index contributed by atoms with van der Waals surface area (Å²) in [5, 5.41) is 3.89. The van der Waals surface area contributed by atoms with E-state index < -0.39 is 0 Å². The van der Waals surface area contributed by atoms with E-state index in [-0.39, 0.29) is 11.6 Å². The summed E-state index contributed by atoms with van der Waals surface area (Å²) in [4.78, 5) is 16.3. The van der Waals surface area contributed by atoms with Crippen molar-refractivity contribution in [3.8, 4) is 0 Å². The molecule has 102 valence electrons. The Balaban J connectivity index is 2.67. The number of aryl methyl sites for hydroxylation is 1. The summed E-state index contributed by atoms with van der Waals surface area (Å²) in [6.07, 6.45) is 0. The molecule has 0 aliphatic rings. The van der Waals surface area contributed by atoms with Gasteiger partial charge in [-0.05, 0) is 27.7 Å². The van der Waals surface area contributed by atoms with Crippen molar-refractivity contribution in [2.45, 2.75) is 33.3 Å². The third-order valence-electron chi connectivity index (χ3n) is 2.37. The molecule has 0 saturated carbocycles. The Kier molecular flexibility index (Phi) is 5.10. The Labute approximate surface area is 112 Å². The van der Waals surface area contributed by atoms with Crippen LogP contribution in [0.1, 0.15) is 36.1 Å². The number of carbonyl (C=O) groups is 1. The fourth-order valence-electron chi connectivity index (χ4n) is 1.48. The zero-order chi connectivity index (χ0) is 13.8. The molecule has 6 heteroatoms. The molecule has 1 N–H and O–H groups in total. The molecular weight excluding hydrogens is 252 g/mol. The van der Waals surface area contributed by atoms with Crippen LogP contribution < -0.4 is 5.32 Å². The van der Waals surface area contributed by atoms with Gasteiger partial charge in [0.15, 0.2) is 5.13 Å². The molecular formula is C12H20N2O3S. The molecule has 0 aliphatic heterocycles. The fourth-order valence-corrected chi connectivity index (χ4v) is 2.36. The van der Waals surface area contributed by atoms with E-state index in [1.165, 1.54) is 18.4 Å². The van der Waals surface area contributed by atoms with Gasteiger partial charge in [0.1, 0.15) is 4.88 Å². The second kappa shape index (κ2) is 6.15. The highest BCUT2D eigenvalue weighted by molar-refractivity contribution is 7.17. The number of nitrogens with zero attached hydrogens (tertiary/aromatic N) is 1. The van der Waals surface area contributed by atoms with Crippen LogP contribution in [0.4, 0.5) is 5.13 Å². The highest BCUT2D eigenvalue weighted by Crippen LogP contribution is 2.24. The Morgan fingerprint density at radius 1 is 1.50 bits per heavy atom. The maximum absolute atomic E-state index is 11.4. The van der Waals surface area contributed by atoms with E-state index in [2.05, 4.69) is 10.3 Å². The summed E-state index contributed by atoms with van der Waals surface area (Å²) in [6, 6.07) is 0. The van der Waals surface area contributed by atoms with Gasteiger partial charge in [0.25, 0.3) is 0 Å². The first-order valence-electron chi connectivity index (χ1n) is 5.83. The van der Waals surface area contributed by atoms with Gasteiger partial charge in [-0.3, -0.25) is 0 Å². The van der Waals surface area contributed by atoms with Crippen molar-refractivity contribution in [2.75, 3.05) is 25.6 Å².